The Morgan fingerprint density at radius 2 is 1.81 bits per heavy atom. The molecular weight excluding hydrogens is 208 g/mol. The van der Waals surface area contributed by atoms with Crippen molar-refractivity contribution in [2.45, 2.75) is 34.1 Å². The van der Waals surface area contributed by atoms with Crippen molar-refractivity contribution in [3.63, 3.8) is 0 Å². The molecule has 0 aromatic rings. The van der Waals surface area contributed by atoms with Gasteiger partial charge >= 0.3 is 5.97 Å². The van der Waals surface area contributed by atoms with Gasteiger partial charge in [-0.3, -0.25) is 14.6 Å². The average molecular weight is 230 g/mol. The van der Waals surface area contributed by atoms with E-state index in [1.165, 1.54) is 6.92 Å². The van der Waals surface area contributed by atoms with Gasteiger partial charge in [0.2, 0.25) is 5.91 Å². The summed E-state index contributed by atoms with van der Waals surface area (Å²) in [7, 11) is 0. The SMILES string of the molecule is CC(=O)N(N)CC(CC(=O)O)C(C)C(C)C. The molecule has 0 aliphatic rings. The van der Waals surface area contributed by atoms with Gasteiger partial charge in [0.25, 0.3) is 0 Å². The largest absolute Gasteiger partial charge is 0.481 e. The summed E-state index contributed by atoms with van der Waals surface area (Å²) in [6.07, 6.45) is 0.0420. The van der Waals surface area contributed by atoms with Crippen molar-refractivity contribution in [1.29, 1.82) is 0 Å². The van der Waals surface area contributed by atoms with Gasteiger partial charge in [-0.25, -0.2) is 5.84 Å². The first-order valence-corrected chi connectivity index (χ1v) is 5.50. The van der Waals surface area contributed by atoms with E-state index >= 15 is 0 Å². The van der Waals surface area contributed by atoms with Gasteiger partial charge in [0, 0.05) is 13.5 Å². The predicted octanol–water partition coefficient (Wildman–Crippen LogP) is 1.09. The second kappa shape index (κ2) is 6.48. The van der Waals surface area contributed by atoms with Gasteiger partial charge in [0.1, 0.15) is 0 Å². The minimum atomic E-state index is -0.852. The number of carbonyl (C=O) groups excluding carboxylic acids is 1. The Morgan fingerprint density at radius 1 is 1.31 bits per heavy atom. The molecule has 0 heterocycles. The molecule has 94 valence electrons. The van der Waals surface area contributed by atoms with Crippen LogP contribution in [0.15, 0.2) is 0 Å². The quantitative estimate of drug-likeness (QED) is 0.406. The minimum Gasteiger partial charge on any atom is -0.481 e. The normalized spacial score (nSPS) is 14.6. The molecule has 3 N–H and O–H groups in total. The summed E-state index contributed by atoms with van der Waals surface area (Å²) < 4.78 is 0. The average Bonchev–Trinajstić information content (AvgIpc) is 2.14. The smallest absolute Gasteiger partial charge is 0.303 e. The van der Waals surface area contributed by atoms with Crippen molar-refractivity contribution in [3.05, 3.63) is 0 Å². The maximum atomic E-state index is 11.0. The Kier molecular flexibility index (Phi) is 6.03. The molecule has 0 fully saturated rings. The van der Waals surface area contributed by atoms with E-state index in [9.17, 15) is 9.59 Å². The number of nitrogens with two attached hydrogens (primary N) is 1. The van der Waals surface area contributed by atoms with Crippen LogP contribution in [0.2, 0.25) is 0 Å². The van der Waals surface area contributed by atoms with Crippen molar-refractivity contribution >= 4 is 11.9 Å². The number of aliphatic carboxylic acids is 1. The monoisotopic (exact) mass is 230 g/mol. The van der Waals surface area contributed by atoms with E-state index in [-0.39, 0.29) is 24.2 Å². The van der Waals surface area contributed by atoms with Crippen LogP contribution in [0.4, 0.5) is 0 Å². The highest BCUT2D eigenvalue weighted by atomic mass is 16.4. The Labute approximate surface area is 96.6 Å². The molecule has 0 saturated heterocycles. The van der Waals surface area contributed by atoms with Crippen LogP contribution in [0, 0.1) is 17.8 Å². The number of rotatable bonds is 6. The summed E-state index contributed by atoms with van der Waals surface area (Å²) in [5, 5.41) is 9.91. The van der Waals surface area contributed by atoms with Gasteiger partial charge in [-0.15, -0.1) is 0 Å². The zero-order valence-corrected chi connectivity index (χ0v) is 10.4. The fraction of sp³-hybridized carbons (Fsp3) is 0.818. The van der Waals surface area contributed by atoms with Crippen molar-refractivity contribution in [2.75, 3.05) is 6.54 Å². The number of carbonyl (C=O) groups is 2. The van der Waals surface area contributed by atoms with Crippen LogP contribution in [0.25, 0.3) is 0 Å². The summed E-state index contributed by atoms with van der Waals surface area (Å²) >= 11 is 0. The molecular formula is C11H22N2O3. The minimum absolute atomic E-state index is 0.0420. The number of hydrogen-bond acceptors (Lipinski definition) is 3. The third-order valence-corrected chi connectivity index (χ3v) is 3.07. The van der Waals surface area contributed by atoms with Crippen molar-refractivity contribution < 1.29 is 14.7 Å². The lowest BCUT2D eigenvalue weighted by molar-refractivity contribution is -0.140. The number of hydrazine groups is 1. The highest BCUT2D eigenvalue weighted by molar-refractivity contribution is 5.72. The van der Waals surface area contributed by atoms with Gasteiger partial charge in [0.05, 0.1) is 6.42 Å². The van der Waals surface area contributed by atoms with Gasteiger partial charge in [-0.1, -0.05) is 20.8 Å². The number of hydrogen-bond donors (Lipinski definition) is 2. The first kappa shape index (κ1) is 14.9. The summed E-state index contributed by atoms with van der Waals surface area (Å²) in [5.74, 6) is 4.90. The fourth-order valence-electron chi connectivity index (χ4n) is 1.57. The fourth-order valence-corrected chi connectivity index (χ4v) is 1.57. The van der Waals surface area contributed by atoms with Crippen molar-refractivity contribution in [1.82, 2.24) is 5.01 Å². The van der Waals surface area contributed by atoms with Crippen molar-refractivity contribution in [3.8, 4) is 0 Å². The molecule has 0 aliphatic carbocycles. The van der Waals surface area contributed by atoms with Crippen LogP contribution in [0.3, 0.4) is 0 Å². The van der Waals surface area contributed by atoms with Crippen LogP contribution in [-0.4, -0.2) is 28.5 Å². The summed E-state index contributed by atoms with van der Waals surface area (Å²) in [5.41, 5.74) is 0. The van der Waals surface area contributed by atoms with E-state index in [2.05, 4.69) is 0 Å². The third kappa shape index (κ3) is 5.11. The van der Waals surface area contributed by atoms with Crippen LogP contribution in [0.1, 0.15) is 34.1 Å². The molecule has 0 spiro atoms. The number of carboxylic acids is 1. The van der Waals surface area contributed by atoms with Crippen LogP contribution < -0.4 is 5.84 Å². The summed E-state index contributed by atoms with van der Waals surface area (Å²) in [6.45, 7) is 7.73. The highest BCUT2D eigenvalue weighted by Gasteiger charge is 2.25. The Bertz CT molecular complexity index is 254. The van der Waals surface area contributed by atoms with E-state index in [1.807, 2.05) is 20.8 Å². The van der Waals surface area contributed by atoms with Crippen LogP contribution in [0.5, 0.6) is 0 Å². The molecule has 0 bridgehead atoms. The molecule has 16 heavy (non-hydrogen) atoms. The van der Waals surface area contributed by atoms with Gasteiger partial charge in [-0.05, 0) is 17.8 Å². The Morgan fingerprint density at radius 3 is 2.12 bits per heavy atom. The third-order valence-electron chi connectivity index (χ3n) is 3.07. The van der Waals surface area contributed by atoms with E-state index < -0.39 is 5.97 Å². The zero-order chi connectivity index (χ0) is 12.9. The molecule has 0 radical (unpaired) electrons. The van der Waals surface area contributed by atoms with Crippen LogP contribution >= 0.6 is 0 Å². The first-order valence-electron chi connectivity index (χ1n) is 5.50. The van der Waals surface area contributed by atoms with E-state index in [0.717, 1.165) is 5.01 Å². The Balaban J connectivity index is 4.54. The molecule has 5 heteroatoms. The number of nitrogens with zero attached hydrogens (tertiary/aromatic N) is 1. The number of amides is 1. The maximum absolute atomic E-state index is 11.0. The summed E-state index contributed by atoms with van der Waals surface area (Å²) in [4.78, 5) is 21.8. The standard InChI is InChI=1S/C11H22N2O3/c1-7(2)8(3)10(5-11(15)16)6-13(12)9(4)14/h7-8,10H,5-6,12H2,1-4H3,(H,15,16). The predicted molar refractivity (Wildman–Crippen MR) is 61.3 cm³/mol. The lowest BCUT2D eigenvalue weighted by Crippen LogP contribution is -2.42. The lowest BCUT2D eigenvalue weighted by Gasteiger charge is -2.29. The molecule has 0 rings (SSSR count). The lowest BCUT2D eigenvalue weighted by atomic mass is 9.83. The molecule has 2 atom stereocenters. The van der Waals surface area contributed by atoms with E-state index in [1.54, 1.807) is 0 Å². The van der Waals surface area contributed by atoms with E-state index in [0.29, 0.717) is 12.5 Å². The van der Waals surface area contributed by atoms with Gasteiger partial charge in [0.15, 0.2) is 0 Å². The second-order valence-corrected chi connectivity index (χ2v) is 4.63. The molecule has 0 aromatic carbocycles. The molecule has 0 aliphatic heterocycles. The highest BCUT2D eigenvalue weighted by Crippen LogP contribution is 2.24. The summed E-state index contributed by atoms with van der Waals surface area (Å²) in [6, 6.07) is 0. The molecule has 1 amide bonds. The molecule has 5 nitrogen and oxygen atoms in total. The van der Waals surface area contributed by atoms with Gasteiger partial charge in [-0.2, -0.15) is 0 Å². The second-order valence-electron chi connectivity index (χ2n) is 4.63. The van der Waals surface area contributed by atoms with E-state index in [4.69, 9.17) is 10.9 Å². The topological polar surface area (TPSA) is 83.6 Å². The molecule has 2 unspecified atom stereocenters. The van der Waals surface area contributed by atoms with Gasteiger partial charge < -0.3 is 5.11 Å². The molecule has 0 saturated carbocycles. The zero-order valence-electron chi connectivity index (χ0n) is 10.4. The number of carboxylic acid groups (broad SMARTS) is 1. The Hall–Kier alpha value is -1.10. The van der Waals surface area contributed by atoms with Crippen LogP contribution in [-0.2, 0) is 9.59 Å². The maximum Gasteiger partial charge on any atom is 0.303 e. The first-order chi connectivity index (χ1) is 7.25. The van der Waals surface area contributed by atoms with Crippen molar-refractivity contribution in [2.24, 2.45) is 23.6 Å². The molecule has 0 aromatic heterocycles.